The summed E-state index contributed by atoms with van der Waals surface area (Å²) < 4.78 is 1.63. The summed E-state index contributed by atoms with van der Waals surface area (Å²) in [4.78, 5) is 29.4. The second-order valence-corrected chi connectivity index (χ2v) is 6.07. The fourth-order valence-electron chi connectivity index (χ4n) is 3.48. The minimum atomic E-state index is -0.537. The summed E-state index contributed by atoms with van der Waals surface area (Å²) in [6.07, 6.45) is 0. The van der Waals surface area contributed by atoms with Gasteiger partial charge >= 0.3 is 0 Å². The summed E-state index contributed by atoms with van der Waals surface area (Å²) in [5, 5.41) is 2.26. The van der Waals surface area contributed by atoms with Gasteiger partial charge in [-0.25, -0.2) is 4.98 Å². The Labute approximate surface area is 140 Å². The van der Waals surface area contributed by atoms with E-state index < -0.39 is 5.24 Å². The number of halogens is 1. The van der Waals surface area contributed by atoms with E-state index in [-0.39, 0.29) is 5.56 Å². The molecule has 3 aromatic carbocycles. The van der Waals surface area contributed by atoms with Crippen molar-refractivity contribution in [2.75, 3.05) is 0 Å². The molecule has 114 valence electrons. The van der Waals surface area contributed by atoms with Crippen molar-refractivity contribution in [2.45, 2.75) is 0 Å². The first kappa shape index (κ1) is 13.5. The summed E-state index contributed by atoms with van der Waals surface area (Å²) in [5.41, 5.74) is 2.39. The highest BCUT2D eigenvalue weighted by Gasteiger charge is 2.18. The van der Waals surface area contributed by atoms with Gasteiger partial charge in [-0.05, 0) is 47.3 Å². The van der Waals surface area contributed by atoms with Crippen molar-refractivity contribution in [3.8, 4) is 0 Å². The molecule has 0 amide bonds. The maximum absolute atomic E-state index is 13.1. The second-order valence-electron chi connectivity index (χ2n) is 5.73. The highest BCUT2D eigenvalue weighted by molar-refractivity contribution is 6.68. The van der Waals surface area contributed by atoms with Gasteiger partial charge in [0.25, 0.3) is 10.8 Å². The molecule has 0 spiro atoms. The van der Waals surface area contributed by atoms with Gasteiger partial charge in [0.15, 0.2) is 0 Å². The number of hydrogen-bond acceptors (Lipinski definition) is 3. The molecule has 0 saturated carbocycles. The van der Waals surface area contributed by atoms with Crippen molar-refractivity contribution in [2.24, 2.45) is 0 Å². The van der Waals surface area contributed by atoms with Crippen LogP contribution in [0.3, 0.4) is 0 Å². The van der Waals surface area contributed by atoms with Gasteiger partial charge in [0.2, 0.25) is 0 Å². The molecule has 5 heteroatoms. The number of fused-ring (bicyclic) bond motifs is 4. The molecule has 0 fully saturated rings. The molecule has 5 aromatic rings. The van der Waals surface area contributed by atoms with Crippen LogP contribution < -0.4 is 5.56 Å². The van der Waals surface area contributed by atoms with Crippen molar-refractivity contribution in [3.05, 3.63) is 70.5 Å². The molecular formula is C19H9ClN2O2. The Balaban J connectivity index is 2.18. The molecule has 0 unspecified atom stereocenters. The molecule has 0 bridgehead atoms. The van der Waals surface area contributed by atoms with Crippen molar-refractivity contribution >= 4 is 55.1 Å². The standard InChI is InChI=1S/C19H9ClN2O2/c20-17(23)11-8-9-12-16-10(11)4-3-5-13(16)19(24)22-15-7-2-1-6-14(15)21-18(12)22/h1-9H. The number of aromatic nitrogens is 2. The summed E-state index contributed by atoms with van der Waals surface area (Å²) in [5.74, 6) is 0. The van der Waals surface area contributed by atoms with E-state index in [9.17, 15) is 9.59 Å². The van der Waals surface area contributed by atoms with Crippen LogP contribution in [0.25, 0.3) is 38.2 Å². The summed E-state index contributed by atoms with van der Waals surface area (Å²) in [7, 11) is 0. The van der Waals surface area contributed by atoms with Gasteiger partial charge in [-0.3, -0.25) is 14.0 Å². The van der Waals surface area contributed by atoms with Gasteiger partial charge in [-0.15, -0.1) is 0 Å². The quantitative estimate of drug-likeness (QED) is 0.436. The molecule has 24 heavy (non-hydrogen) atoms. The van der Waals surface area contributed by atoms with Crippen LogP contribution in [0.15, 0.2) is 59.4 Å². The summed E-state index contributed by atoms with van der Waals surface area (Å²) >= 11 is 5.70. The van der Waals surface area contributed by atoms with Crippen LogP contribution in [0.4, 0.5) is 0 Å². The molecule has 0 saturated heterocycles. The van der Waals surface area contributed by atoms with Crippen LogP contribution in [-0.2, 0) is 0 Å². The number of carbonyl (C=O) groups is 1. The Morgan fingerprint density at radius 3 is 2.54 bits per heavy atom. The van der Waals surface area contributed by atoms with Crippen LogP contribution >= 0.6 is 11.6 Å². The number of pyridine rings is 1. The van der Waals surface area contributed by atoms with Crippen molar-refractivity contribution in [3.63, 3.8) is 0 Å². The Kier molecular flexibility index (Phi) is 2.54. The molecule has 5 rings (SSSR count). The summed E-state index contributed by atoms with van der Waals surface area (Å²) in [6, 6.07) is 16.4. The number of rotatable bonds is 1. The first-order valence-corrected chi connectivity index (χ1v) is 7.83. The molecular weight excluding hydrogens is 324 g/mol. The van der Waals surface area contributed by atoms with Gasteiger partial charge in [0.1, 0.15) is 5.65 Å². The Morgan fingerprint density at radius 1 is 0.917 bits per heavy atom. The second kappa shape index (κ2) is 4.52. The first-order chi connectivity index (χ1) is 11.7. The van der Waals surface area contributed by atoms with Crippen LogP contribution in [0.5, 0.6) is 0 Å². The zero-order valence-corrected chi connectivity index (χ0v) is 13.0. The normalized spacial score (nSPS) is 11.9. The molecule has 0 radical (unpaired) electrons. The highest BCUT2D eigenvalue weighted by Crippen LogP contribution is 2.32. The molecule has 0 atom stereocenters. The van der Waals surface area contributed by atoms with Gasteiger partial charge in [0.05, 0.1) is 11.0 Å². The number of nitrogens with zero attached hydrogens (tertiary/aromatic N) is 2. The van der Waals surface area contributed by atoms with Gasteiger partial charge in [0, 0.05) is 21.7 Å². The van der Waals surface area contributed by atoms with Crippen molar-refractivity contribution in [1.29, 1.82) is 0 Å². The Hall–Kier alpha value is -2.98. The predicted octanol–water partition coefficient (Wildman–Crippen LogP) is 3.97. The first-order valence-electron chi connectivity index (χ1n) is 7.45. The number of benzene rings is 3. The minimum Gasteiger partial charge on any atom is -0.276 e. The van der Waals surface area contributed by atoms with Crippen LogP contribution in [-0.4, -0.2) is 14.6 Å². The van der Waals surface area contributed by atoms with E-state index in [1.807, 2.05) is 36.4 Å². The molecule has 4 nitrogen and oxygen atoms in total. The maximum atomic E-state index is 13.1. The number of imidazole rings is 1. The molecule has 0 N–H and O–H groups in total. The molecule has 2 heterocycles. The average Bonchev–Trinajstić information content (AvgIpc) is 2.98. The fourth-order valence-corrected chi connectivity index (χ4v) is 3.64. The SMILES string of the molecule is O=C(Cl)c1ccc2c3c1cccc3c(=O)n1c3ccccc3nc21. The maximum Gasteiger partial charge on any atom is 0.264 e. The van der Waals surface area contributed by atoms with Crippen LogP contribution in [0.1, 0.15) is 10.4 Å². The van der Waals surface area contributed by atoms with E-state index in [4.69, 9.17) is 11.6 Å². The summed E-state index contributed by atoms with van der Waals surface area (Å²) in [6.45, 7) is 0. The van der Waals surface area contributed by atoms with Crippen LogP contribution in [0.2, 0.25) is 0 Å². The van der Waals surface area contributed by atoms with E-state index in [1.165, 1.54) is 0 Å². The van der Waals surface area contributed by atoms with Crippen molar-refractivity contribution in [1.82, 2.24) is 9.38 Å². The lowest BCUT2D eigenvalue weighted by Crippen LogP contribution is -2.13. The highest BCUT2D eigenvalue weighted by atomic mass is 35.5. The zero-order chi connectivity index (χ0) is 16.4. The Morgan fingerprint density at radius 2 is 1.71 bits per heavy atom. The molecule has 0 aliphatic heterocycles. The monoisotopic (exact) mass is 332 g/mol. The predicted molar refractivity (Wildman–Crippen MR) is 95.3 cm³/mol. The largest absolute Gasteiger partial charge is 0.276 e. The smallest absolute Gasteiger partial charge is 0.264 e. The lowest BCUT2D eigenvalue weighted by molar-refractivity contribution is 0.108. The molecule has 0 aliphatic rings. The van der Waals surface area contributed by atoms with Crippen LogP contribution in [0, 0.1) is 0 Å². The lowest BCUT2D eigenvalue weighted by Gasteiger charge is -2.09. The zero-order valence-electron chi connectivity index (χ0n) is 12.3. The molecule has 0 aliphatic carbocycles. The Bertz CT molecular complexity index is 1350. The third-order valence-electron chi connectivity index (χ3n) is 4.49. The topological polar surface area (TPSA) is 51.4 Å². The lowest BCUT2D eigenvalue weighted by atomic mass is 9.98. The van der Waals surface area contributed by atoms with E-state index in [0.29, 0.717) is 22.0 Å². The number of hydrogen-bond donors (Lipinski definition) is 0. The third-order valence-corrected chi connectivity index (χ3v) is 4.69. The molecule has 2 aromatic heterocycles. The average molecular weight is 333 g/mol. The van der Waals surface area contributed by atoms with Gasteiger partial charge in [-0.1, -0.05) is 24.3 Å². The van der Waals surface area contributed by atoms with E-state index in [1.54, 1.807) is 22.6 Å². The van der Waals surface area contributed by atoms with E-state index in [0.717, 1.165) is 21.8 Å². The van der Waals surface area contributed by atoms with E-state index in [2.05, 4.69) is 4.98 Å². The number of carbonyl (C=O) groups excluding carboxylic acids is 1. The van der Waals surface area contributed by atoms with Gasteiger partial charge < -0.3 is 0 Å². The van der Waals surface area contributed by atoms with Crippen molar-refractivity contribution < 1.29 is 4.79 Å². The van der Waals surface area contributed by atoms with E-state index >= 15 is 0 Å². The minimum absolute atomic E-state index is 0.143. The van der Waals surface area contributed by atoms with Gasteiger partial charge in [-0.2, -0.15) is 0 Å². The number of para-hydroxylation sites is 2. The third kappa shape index (κ3) is 1.56. The fraction of sp³-hybridized carbons (Fsp3) is 0.